The first-order valence-corrected chi connectivity index (χ1v) is 6.74. The molecule has 2 aromatic carbocycles. The van der Waals surface area contributed by atoms with Crippen molar-refractivity contribution < 1.29 is 10.2 Å². The molecule has 2 heteroatoms. The van der Waals surface area contributed by atoms with Crippen LogP contribution in [0.4, 0.5) is 0 Å². The molecule has 0 atom stereocenters. The molecule has 19 heavy (non-hydrogen) atoms. The maximum absolute atomic E-state index is 9.49. The summed E-state index contributed by atoms with van der Waals surface area (Å²) in [5.74, 6) is 0. The predicted octanol–water partition coefficient (Wildman–Crippen LogP) is 2.72. The normalized spacial score (nSPS) is 15.1. The second kappa shape index (κ2) is 4.80. The molecule has 0 aliphatic heterocycles. The van der Waals surface area contributed by atoms with Gasteiger partial charge in [-0.3, -0.25) is 0 Å². The van der Waals surface area contributed by atoms with Gasteiger partial charge in [-0.1, -0.05) is 48.5 Å². The van der Waals surface area contributed by atoms with Gasteiger partial charge in [-0.25, -0.2) is 0 Å². The van der Waals surface area contributed by atoms with E-state index in [1.54, 1.807) is 0 Å². The number of rotatable bonds is 4. The third-order valence-electron chi connectivity index (χ3n) is 4.25. The Labute approximate surface area is 113 Å². The van der Waals surface area contributed by atoms with Crippen LogP contribution in [0.1, 0.15) is 24.0 Å². The second-order valence-electron chi connectivity index (χ2n) is 5.12. The van der Waals surface area contributed by atoms with E-state index in [0.717, 1.165) is 0 Å². The highest BCUT2D eigenvalue weighted by Crippen LogP contribution is 2.52. The van der Waals surface area contributed by atoms with Crippen LogP contribution in [-0.2, 0) is 5.41 Å². The van der Waals surface area contributed by atoms with Crippen LogP contribution in [0.5, 0.6) is 0 Å². The molecule has 0 spiro atoms. The summed E-state index contributed by atoms with van der Waals surface area (Å²) in [6.07, 6.45) is 1.31. The summed E-state index contributed by atoms with van der Waals surface area (Å²) >= 11 is 0. The molecule has 0 fully saturated rings. The molecule has 2 aromatic rings. The Morgan fingerprint density at radius 3 is 1.53 bits per heavy atom. The lowest BCUT2D eigenvalue weighted by atomic mass is 9.73. The van der Waals surface area contributed by atoms with Crippen molar-refractivity contribution in [2.24, 2.45) is 0 Å². The lowest BCUT2D eigenvalue weighted by Crippen LogP contribution is -2.28. The first-order chi connectivity index (χ1) is 9.33. The molecule has 0 saturated carbocycles. The van der Waals surface area contributed by atoms with E-state index in [9.17, 15) is 10.2 Å². The van der Waals surface area contributed by atoms with Crippen LogP contribution in [0.15, 0.2) is 48.5 Å². The highest BCUT2D eigenvalue weighted by atomic mass is 16.3. The van der Waals surface area contributed by atoms with E-state index < -0.39 is 0 Å². The van der Waals surface area contributed by atoms with Gasteiger partial charge < -0.3 is 10.2 Å². The molecule has 98 valence electrons. The Morgan fingerprint density at radius 1 is 0.684 bits per heavy atom. The predicted molar refractivity (Wildman–Crippen MR) is 76.1 cm³/mol. The largest absolute Gasteiger partial charge is 0.396 e. The molecule has 1 aliphatic carbocycles. The molecule has 0 unspecified atom stereocenters. The molecule has 0 heterocycles. The van der Waals surface area contributed by atoms with Crippen LogP contribution in [-0.4, -0.2) is 23.4 Å². The van der Waals surface area contributed by atoms with E-state index in [1.165, 1.54) is 22.3 Å². The Hall–Kier alpha value is -1.64. The van der Waals surface area contributed by atoms with Crippen LogP contribution in [0.2, 0.25) is 0 Å². The zero-order chi connectivity index (χ0) is 13.3. The molecular weight excluding hydrogens is 236 g/mol. The van der Waals surface area contributed by atoms with Gasteiger partial charge in [0, 0.05) is 18.6 Å². The van der Waals surface area contributed by atoms with Crippen LogP contribution in [0, 0.1) is 0 Å². The van der Waals surface area contributed by atoms with Crippen molar-refractivity contribution in [3.05, 3.63) is 59.7 Å². The summed E-state index contributed by atoms with van der Waals surface area (Å²) in [7, 11) is 0. The van der Waals surface area contributed by atoms with E-state index in [1.807, 2.05) is 24.3 Å². The van der Waals surface area contributed by atoms with Gasteiger partial charge in [0.1, 0.15) is 0 Å². The summed E-state index contributed by atoms with van der Waals surface area (Å²) in [4.78, 5) is 0. The fourth-order valence-electron chi connectivity index (χ4n) is 3.46. The van der Waals surface area contributed by atoms with Crippen molar-refractivity contribution in [3.8, 4) is 11.1 Å². The quantitative estimate of drug-likeness (QED) is 0.880. The minimum absolute atomic E-state index is 0.128. The standard InChI is InChI=1S/C17H18O2/c18-11-9-17(10-12-19)15-7-3-1-5-13(15)14-6-2-4-8-16(14)17/h1-8,18-19H,9-12H2. The van der Waals surface area contributed by atoms with E-state index in [0.29, 0.717) is 12.8 Å². The van der Waals surface area contributed by atoms with Crippen molar-refractivity contribution in [1.29, 1.82) is 0 Å². The van der Waals surface area contributed by atoms with E-state index >= 15 is 0 Å². The zero-order valence-electron chi connectivity index (χ0n) is 10.8. The fraction of sp³-hybridized carbons (Fsp3) is 0.294. The number of hydrogen-bond acceptors (Lipinski definition) is 2. The summed E-state index contributed by atoms with van der Waals surface area (Å²) in [6, 6.07) is 16.7. The average Bonchev–Trinajstić information content (AvgIpc) is 2.72. The van der Waals surface area contributed by atoms with Crippen molar-refractivity contribution in [2.75, 3.05) is 13.2 Å². The van der Waals surface area contributed by atoms with E-state index in [4.69, 9.17) is 0 Å². The highest BCUT2D eigenvalue weighted by Gasteiger charge is 2.41. The first-order valence-electron chi connectivity index (χ1n) is 6.74. The lowest BCUT2D eigenvalue weighted by Gasteiger charge is -2.31. The maximum atomic E-state index is 9.49. The monoisotopic (exact) mass is 254 g/mol. The van der Waals surface area contributed by atoms with Gasteiger partial charge in [0.25, 0.3) is 0 Å². The second-order valence-corrected chi connectivity index (χ2v) is 5.12. The Balaban J connectivity index is 2.28. The molecule has 2 nitrogen and oxygen atoms in total. The van der Waals surface area contributed by atoms with Gasteiger partial charge in [-0.2, -0.15) is 0 Å². The van der Waals surface area contributed by atoms with Crippen LogP contribution in [0.3, 0.4) is 0 Å². The summed E-state index contributed by atoms with van der Waals surface area (Å²) in [5.41, 5.74) is 4.70. The third kappa shape index (κ3) is 1.71. The topological polar surface area (TPSA) is 40.5 Å². The average molecular weight is 254 g/mol. The maximum Gasteiger partial charge on any atom is 0.0442 e. The fourth-order valence-corrected chi connectivity index (χ4v) is 3.46. The summed E-state index contributed by atoms with van der Waals surface area (Å²) < 4.78 is 0. The van der Waals surface area contributed by atoms with E-state index in [-0.39, 0.29) is 18.6 Å². The zero-order valence-corrected chi connectivity index (χ0v) is 10.8. The molecule has 3 rings (SSSR count). The number of hydrogen-bond donors (Lipinski definition) is 2. The summed E-state index contributed by atoms with van der Waals surface area (Å²) in [6.45, 7) is 0.255. The number of aliphatic hydroxyl groups is 2. The van der Waals surface area contributed by atoms with Crippen molar-refractivity contribution in [3.63, 3.8) is 0 Å². The number of fused-ring (bicyclic) bond motifs is 3. The van der Waals surface area contributed by atoms with Gasteiger partial charge in [0.15, 0.2) is 0 Å². The summed E-state index contributed by atoms with van der Waals surface area (Å²) in [5, 5.41) is 19.0. The smallest absolute Gasteiger partial charge is 0.0442 e. The van der Waals surface area contributed by atoms with Crippen molar-refractivity contribution >= 4 is 0 Å². The molecule has 2 N–H and O–H groups in total. The Kier molecular flexibility index (Phi) is 3.13. The SMILES string of the molecule is OCCC1(CCO)c2ccccc2-c2ccccc21. The third-order valence-corrected chi connectivity index (χ3v) is 4.25. The Morgan fingerprint density at radius 2 is 1.11 bits per heavy atom. The highest BCUT2D eigenvalue weighted by molar-refractivity contribution is 5.80. The minimum Gasteiger partial charge on any atom is -0.396 e. The van der Waals surface area contributed by atoms with Gasteiger partial charge in [0.05, 0.1) is 0 Å². The van der Waals surface area contributed by atoms with Gasteiger partial charge in [0.2, 0.25) is 0 Å². The number of benzene rings is 2. The molecule has 0 amide bonds. The van der Waals surface area contributed by atoms with Crippen LogP contribution in [0.25, 0.3) is 11.1 Å². The lowest BCUT2D eigenvalue weighted by molar-refractivity contribution is 0.213. The Bertz CT molecular complexity index is 536. The first kappa shape index (κ1) is 12.4. The molecule has 0 aromatic heterocycles. The molecule has 0 radical (unpaired) electrons. The van der Waals surface area contributed by atoms with Gasteiger partial charge >= 0.3 is 0 Å². The minimum atomic E-state index is -0.239. The van der Waals surface area contributed by atoms with E-state index in [2.05, 4.69) is 24.3 Å². The van der Waals surface area contributed by atoms with Crippen molar-refractivity contribution in [2.45, 2.75) is 18.3 Å². The van der Waals surface area contributed by atoms with Crippen LogP contribution >= 0.6 is 0 Å². The molecule has 0 bridgehead atoms. The molecule has 0 saturated heterocycles. The molecular formula is C17H18O2. The van der Waals surface area contributed by atoms with Crippen LogP contribution < -0.4 is 0 Å². The van der Waals surface area contributed by atoms with Gasteiger partial charge in [-0.05, 0) is 35.1 Å². The van der Waals surface area contributed by atoms with Gasteiger partial charge in [-0.15, -0.1) is 0 Å². The number of aliphatic hydroxyl groups excluding tert-OH is 2. The molecule has 1 aliphatic rings. The van der Waals surface area contributed by atoms with Crippen molar-refractivity contribution in [1.82, 2.24) is 0 Å².